The van der Waals surface area contributed by atoms with Crippen LogP contribution in [-0.2, 0) is 4.74 Å². The molecule has 0 spiro atoms. The van der Waals surface area contributed by atoms with E-state index in [9.17, 15) is 4.39 Å². The fourth-order valence-electron chi connectivity index (χ4n) is 2.88. The number of benzene rings is 1. The normalized spacial score (nSPS) is 28.6. The number of hydrogen-bond acceptors (Lipinski definition) is 2. The summed E-state index contributed by atoms with van der Waals surface area (Å²) in [6, 6.07) is 5.07. The van der Waals surface area contributed by atoms with Gasteiger partial charge in [0.15, 0.2) is 0 Å². The van der Waals surface area contributed by atoms with E-state index in [2.05, 4.69) is 5.32 Å². The molecule has 0 aliphatic carbocycles. The second kappa shape index (κ2) is 4.06. The van der Waals surface area contributed by atoms with Crippen molar-refractivity contribution in [2.24, 2.45) is 5.92 Å². The van der Waals surface area contributed by atoms with Gasteiger partial charge in [0.25, 0.3) is 0 Å². The molecule has 86 valence electrons. The van der Waals surface area contributed by atoms with Crippen molar-refractivity contribution in [1.82, 2.24) is 0 Å². The molecular weight excluding hydrogens is 205 g/mol. The van der Waals surface area contributed by atoms with Crippen molar-refractivity contribution in [3.05, 3.63) is 29.6 Å². The molecule has 2 nitrogen and oxygen atoms in total. The fraction of sp³-hybridized carbons (Fsp3) is 0.538. The zero-order chi connectivity index (χ0) is 11.0. The second-order valence-electron chi connectivity index (χ2n) is 4.68. The average Bonchev–Trinajstić information content (AvgIpc) is 2.81. The van der Waals surface area contributed by atoms with Crippen molar-refractivity contribution >= 4 is 5.69 Å². The first-order chi connectivity index (χ1) is 7.84. The smallest absolute Gasteiger partial charge is 0.123 e. The number of nitrogens with one attached hydrogen (secondary N) is 1. The van der Waals surface area contributed by atoms with Crippen molar-refractivity contribution in [2.75, 3.05) is 25.1 Å². The summed E-state index contributed by atoms with van der Waals surface area (Å²) < 4.78 is 18.7. The van der Waals surface area contributed by atoms with E-state index in [0.29, 0.717) is 11.8 Å². The second-order valence-corrected chi connectivity index (χ2v) is 4.68. The van der Waals surface area contributed by atoms with Crippen LogP contribution in [0.2, 0.25) is 0 Å². The maximum atomic E-state index is 13.3. The van der Waals surface area contributed by atoms with Crippen LogP contribution in [0.3, 0.4) is 0 Å². The Hall–Kier alpha value is -1.09. The maximum absolute atomic E-state index is 13.3. The number of fused-ring (bicyclic) bond motifs is 1. The number of halogens is 1. The highest BCUT2D eigenvalue weighted by atomic mass is 19.1. The first kappa shape index (κ1) is 10.1. The third kappa shape index (κ3) is 1.69. The van der Waals surface area contributed by atoms with Crippen molar-refractivity contribution < 1.29 is 9.13 Å². The molecule has 0 bridgehead atoms. The van der Waals surface area contributed by atoms with Crippen molar-refractivity contribution in [3.63, 3.8) is 0 Å². The van der Waals surface area contributed by atoms with Crippen LogP contribution in [0.15, 0.2) is 18.2 Å². The summed E-state index contributed by atoms with van der Waals surface area (Å²) in [6.07, 6.45) is 2.20. The van der Waals surface area contributed by atoms with Gasteiger partial charge >= 0.3 is 0 Å². The summed E-state index contributed by atoms with van der Waals surface area (Å²) in [5.74, 6) is 0.906. The van der Waals surface area contributed by atoms with Crippen molar-refractivity contribution in [2.45, 2.75) is 18.8 Å². The van der Waals surface area contributed by atoms with Crippen LogP contribution in [0.5, 0.6) is 0 Å². The van der Waals surface area contributed by atoms with Gasteiger partial charge in [-0.3, -0.25) is 0 Å². The zero-order valence-electron chi connectivity index (χ0n) is 9.21. The summed E-state index contributed by atoms with van der Waals surface area (Å²) >= 11 is 0. The molecule has 0 amide bonds. The Kier molecular flexibility index (Phi) is 2.56. The predicted molar refractivity (Wildman–Crippen MR) is 61.2 cm³/mol. The molecule has 1 saturated heterocycles. The molecule has 0 saturated carbocycles. The summed E-state index contributed by atoms with van der Waals surface area (Å²) in [5.41, 5.74) is 2.24. The van der Waals surface area contributed by atoms with E-state index in [4.69, 9.17) is 4.74 Å². The lowest BCUT2D eigenvalue weighted by Crippen LogP contribution is -2.23. The highest BCUT2D eigenvalue weighted by Crippen LogP contribution is 2.40. The Morgan fingerprint density at radius 3 is 3.06 bits per heavy atom. The molecule has 2 heterocycles. The topological polar surface area (TPSA) is 21.3 Å². The lowest BCUT2D eigenvalue weighted by molar-refractivity contribution is 0.179. The van der Waals surface area contributed by atoms with Crippen LogP contribution in [-0.4, -0.2) is 19.8 Å². The number of rotatable bonds is 1. The number of hydrogen-bond donors (Lipinski definition) is 1. The molecule has 1 aromatic carbocycles. The molecule has 1 aromatic rings. The van der Waals surface area contributed by atoms with Gasteiger partial charge in [-0.25, -0.2) is 4.39 Å². The third-order valence-electron chi connectivity index (χ3n) is 3.72. The van der Waals surface area contributed by atoms with Crippen molar-refractivity contribution in [1.29, 1.82) is 0 Å². The lowest BCUT2D eigenvalue weighted by Gasteiger charge is -2.30. The molecule has 1 N–H and O–H groups in total. The Bertz CT molecular complexity index is 388. The van der Waals surface area contributed by atoms with Crippen LogP contribution in [0, 0.1) is 11.7 Å². The molecule has 16 heavy (non-hydrogen) atoms. The summed E-state index contributed by atoms with van der Waals surface area (Å²) in [7, 11) is 0. The summed E-state index contributed by atoms with van der Waals surface area (Å²) in [4.78, 5) is 0. The van der Waals surface area contributed by atoms with Gasteiger partial charge < -0.3 is 10.1 Å². The minimum Gasteiger partial charge on any atom is -0.385 e. The highest BCUT2D eigenvalue weighted by molar-refractivity contribution is 5.55. The number of anilines is 1. The highest BCUT2D eigenvalue weighted by Gasteiger charge is 2.30. The van der Waals surface area contributed by atoms with Gasteiger partial charge in [-0.15, -0.1) is 0 Å². The molecule has 0 aromatic heterocycles. The van der Waals surface area contributed by atoms with Gasteiger partial charge in [0, 0.05) is 18.8 Å². The molecule has 3 rings (SSSR count). The maximum Gasteiger partial charge on any atom is 0.123 e. The van der Waals surface area contributed by atoms with Crippen LogP contribution in [0.1, 0.15) is 24.3 Å². The van der Waals surface area contributed by atoms with E-state index in [1.54, 1.807) is 6.07 Å². The van der Waals surface area contributed by atoms with E-state index in [-0.39, 0.29) is 5.82 Å². The van der Waals surface area contributed by atoms with E-state index < -0.39 is 0 Å². The van der Waals surface area contributed by atoms with E-state index in [0.717, 1.165) is 43.9 Å². The lowest BCUT2D eigenvalue weighted by atomic mass is 9.80. The van der Waals surface area contributed by atoms with E-state index in [1.807, 2.05) is 6.07 Å². The molecule has 3 heteroatoms. The van der Waals surface area contributed by atoms with Crippen LogP contribution < -0.4 is 5.32 Å². The minimum atomic E-state index is -0.133. The molecule has 2 atom stereocenters. The Labute approximate surface area is 94.8 Å². The van der Waals surface area contributed by atoms with E-state index >= 15 is 0 Å². The van der Waals surface area contributed by atoms with E-state index in [1.165, 1.54) is 6.07 Å². The van der Waals surface area contributed by atoms with Crippen molar-refractivity contribution in [3.8, 4) is 0 Å². The van der Waals surface area contributed by atoms with Gasteiger partial charge in [0.1, 0.15) is 5.82 Å². The van der Waals surface area contributed by atoms with Gasteiger partial charge in [0.2, 0.25) is 0 Å². The quantitative estimate of drug-likeness (QED) is 0.787. The Morgan fingerprint density at radius 2 is 2.25 bits per heavy atom. The summed E-state index contributed by atoms with van der Waals surface area (Å²) in [6.45, 7) is 2.68. The van der Waals surface area contributed by atoms with Gasteiger partial charge in [-0.2, -0.15) is 0 Å². The van der Waals surface area contributed by atoms with Crippen LogP contribution in [0.4, 0.5) is 10.1 Å². The molecular formula is C13H16FNO. The first-order valence-electron chi connectivity index (χ1n) is 5.95. The standard InChI is InChI=1S/C13H16FNO/c14-10-1-2-13-12(7-10)11(3-5-15-13)9-4-6-16-8-9/h1-2,7,9,11,15H,3-6,8H2. The predicted octanol–water partition coefficient (Wildman–Crippen LogP) is 2.76. The zero-order valence-corrected chi connectivity index (χ0v) is 9.21. The van der Waals surface area contributed by atoms with Crippen LogP contribution in [0.25, 0.3) is 0 Å². The SMILES string of the molecule is Fc1ccc2c(c1)C(C1CCOC1)CCN2. The third-order valence-corrected chi connectivity index (χ3v) is 3.72. The molecule has 0 radical (unpaired) electrons. The number of ether oxygens (including phenoxy) is 1. The average molecular weight is 221 g/mol. The molecule has 2 unspecified atom stereocenters. The minimum absolute atomic E-state index is 0.133. The van der Waals surface area contributed by atoms with Gasteiger partial charge in [0.05, 0.1) is 6.61 Å². The summed E-state index contributed by atoms with van der Waals surface area (Å²) in [5, 5.41) is 3.34. The van der Waals surface area contributed by atoms with Gasteiger partial charge in [-0.05, 0) is 48.4 Å². The molecule has 1 fully saturated rings. The monoisotopic (exact) mass is 221 g/mol. The van der Waals surface area contributed by atoms with Gasteiger partial charge in [-0.1, -0.05) is 0 Å². The first-order valence-corrected chi connectivity index (χ1v) is 5.95. The fourth-order valence-corrected chi connectivity index (χ4v) is 2.88. The molecule has 2 aliphatic rings. The Morgan fingerprint density at radius 1 is 1.31 bits per heavy atom. The largest absolute Gasteiger partial charge is 0.385 e. The molecule has 2 aliphatic heterocycles. The Balaban J connectivity index is 1.94. The van der Waals surface area contributed by atoms with Crippen LogP contribution >= 0.6 is 0 Å².